The molecule has 1 N–H and O–H groups in total. The predicted molar refractivity (Wildman–Crippen MR) is 75.4 cm³/mol. The summed E-state index contributed by atoms with van der Waals surface area (Å²) in [5, 5.41) is 3.05. The van der Waals surface area contributed by atoms with Crippen LogP contribution in [0.1, 0.15) is 6.92 Å². The van der Waals surface area contributed by atoms with E-state index in [9.17, 15) is 4.39 Å². The number of anilines is 1. The molecule has 0 spiro atoms. The van der Waals surface area contributed by atoms with E-state index in [4.69, 9.17) is 16.3 Å². The van der Waals surface area contributed by atoms with Crippen LogP contribution in [0.4, 0.5) is 10.2 Å². The molecule has 0 aliphatic carbocycles. The summed E-state index contributed by atoms with van der Waals surface area (Å²) in [6, 6.07) is 4.10. The Bertz CT molecular complexity index is 597. The van der Waals surface area contributed by atoms with E-state index in [0.717, 1.165) is 6.54 Å². The molecular weight excluding hydrogens is 337 g/mol. The third-order valence-electron chi connectivity index (χ3n) is 2.21. The molecule has 7 heteroatoms. The van der Waals surface area contributed by atoms with Crippen molar-refractivity contribution in [3.63, 3.8) is 0 Å². The molecule has 0 atom stereocenters. The molecule has 0 amide bonds. The fourth-order valence-corrected chi connectivity index (χ4v) is 1.96. The van der Waals surface area contributed by atoms with Crippen LogP contribution in [0.2, 0.25) is 5.02 Å². The molecule has 100 valence electrons. The first-order valence-electron chi connectivity index (χ1n) is 5.49. The lowest BCUT2D eigenvalue weighted by atomic mass is 10.3. The number of aromatic nitrogens is 2. The van der Waals surface area contributed by atoms with E-state index in [-0.39, 0.29) is 5.02 Å². The van der Waals surface area contributed by atoms with Crippen molar-refractivity contribution in [1.82, 2.24) is 9.97 Å². The van der Waals surface area contributed by atoms with Gasteiger partial charge in [-0.1, -0.05) is 11.6 Å². The summed E-state index contributed by atoms with van der Waals surface area (Å²) in [5.41, 5.74) is 0. The highest BCUT2D eigenvalue weighted by Crippen LogP contribution is 2.32. The standard InChI is InChI=1S/C12H10BrClFN3O/c1-2-16-11-10(13)12(18-6-17-11)19-7-3-4-9(15)8(14)5-7/h3-6H,2H2,1H3,(H,16,17,18). The highest BCUT2D eigenvalue weighted by Gasteiger charge is 2.11. The molecule has 0 aliphatic heterocycles. The van der Waals surface area contributed by atoms with Crippen molar-refractivity contribution >= 4 is 33.3 Å². The lowest BCUT2D eigenvalue weighted by Gasteiger charge is -2.10. The van der Waals surface area contributed by atoms with Gasteiger partial charge in [-0.3, -0.25) is 0 Å². The van der Waals surface area contributed by atoms with E-state index >= 15 is 0 Å². The summed E-state index contributed by atoms with van der Waals surface area (Å²) in [6.07, 6.45) is 1.38. The second-order valence-electron chi connectivity index (χ2n) is 3.55. The van der Waals surface area contributed by atoms with Gasteiger partial charge in [0.05, 0.1) is 5.02 Å². The first kappa shape index (κ1) is 14.0. The smallest absolute Gasteiger partial charge is 0.238 e. The van der Waals surface area contributed by atoms with Crippen LogP contribution in [0.25, 0.3) is 0 Å². The third kappa shape index (κ3) is 3.33. The van der Waals surface area contributed by atoms with Crippen molar-refractivity contribution in [3.8, 4) is 11.6 Å². The Balaban J connectivity index is 2.27. The lowest BCUT2D eigenvalue weighted by Crippen LogP contribution is -2.02. The van der Waals surface area contributed by atoms with Crippen molar-refractivity contribution in [2.24, 2.45) is 0 Å². The molecule has 2 aromatic rings. The van der Waals surface area contributed by atoms with Crippen LogP contribution >= 0.6 is 27.5 Å². The van der Waals surface area contributed by atoms with E-state index in [1.165, 1.54) is 24.5 Å². The summed E-state index contributed by atoms with van der Waals surface area (Å²) >= 11 is 9.04. The van der Waals surface area contributed by atoms with E-state index < -0.39 is 5.82 Å². The number of rotatable bonds is 4. The Hall–Kier alpha value is -1.40. The van der Waals surface area contributed by atoms with Gasteiger partial charge < -0.3 is 10.1 Å². The van der Waals surface area contributed by atoms with Crippen LogP contribution < -0.4 is 10.1 Å². The monoisotopic (exact) mass is 345 g/mol. The van der Waals surface area contributed by atoms with E-state index in [2.05, 4.69) is 31.2 Å². The maximum absolute atomic E-state index is 13.0. The summed E-state index contributed by atoms with van der Waals surface area (Å²) in [4.78, 5) is 8.08. The SMILES string of the molecule is CCNc1ncnc(Oc2ccc(F)c(Cl)c2)c1Br. The fourth-order valence-electron chi connectivity index (χ4n) is 1.37. The zero-order chi connectivity index (χ0) is 13.8. The molecule has 1 aromatic heterocycles. The highest BCUT2D eigenvalue weighted by molar-refractivity contribution is 9.10. The Morgan fingerprint density at radius 1 is 1.42 bits per heavy atom. The molecule has 1 aromatic carbocycles. The minimum atomic E-state index is -0.496. The van der Waals surface area contributed by atoms with Crippen molar-refractivity contribution < 1.29 is 9.13 Å². The van der Waals surface area contributed by atoms with Gasteiger partial charge in [0.15, 0.2) is 0 Å². The Morgan fingerprint density at radius 2 is 2.21 bits per heavy atom. The minimum absolute atomic E-state index is 0.00501. The van der Waals surface area contributed by atoms with Gasteiger partial charge in [-0.15, -0.1) is 0 Å². The van der Waals surface area contributed by atoms with Crippen LogP contribution in [0, 0.1) is 5.82 Å². The number of nitrogens with one attached hydrogen (secondary N) is 1. The molecule has 0 saturated heterocycles. The van der Waals surface area contributed by atoms with Crippen LogP contribution in [-0.4, -0.2) is 16.5 Å². The van der Waals surface area contributed by atoms with Crippen molar-refractivity contribution in [2.45, 2.75) is 6.92 Å². The van der Waals surface area contributed by atoms with Crippen molar-refractivity contribution in [1.29, 1.82) is 0 Å². The summed E-state index contributed by atoms with van der Waals surface area (Å²) < 4.78 is 19.2. The normalized spacial score (nSPS) is 10.3. The number of hydrogen-bond donors (Lipinski definition) is 1. The molecular formula is C12H10BrClFN3O. The van der Waals surface area contributed by atoms with Crippen LogP contribution in [0.3, 0.4) is 0 Å². The molecule has 0 saturated carbocycles. The second kappa shape index (κ2) is 6.16. The minimum Gasteiger partial charge on any atom is -0.438 e. The number of ether oxygens (including phenoxy) is 1. The number of nitrogens with zero attached hydrogens (tertiary/aromatic N) is 2. The van der Waals surface area contributed by atoms with Crippen LogP contribution in [0.5, 0.6) is 11.6 Å². The van der Waals surface area contributed by atoms with Crippen LogP contribution in [0.15, 0.2) is 29.0 Å². The number of hydrogen-bond acceptors (Lipinski definition) is 4. The Labute approximate surface area is 123 Å². The van der Waals surface area contributed by atoms with Gasteiger partial charge in [0.25, 0.3) is 0 Å². The zero-order valence-electron chi connectivity index (χ0n) is 9.95. The van der Waals surface area contributed by atoms with E-state index in [1.54, 1.807) is 0 Å². The van der Waals surface area contributed by atoms with Crippen molar-refractivity contribution in [2.75, 3.05) is 11.9 Å². The van der Waals surface area contributed by atoms with Gasteiger partial charge in [0.1, 0.15) is 28.2 Å². The molecule has 4 nitrogen and oxygen atoms in total. The van der Waals surface area contributed by atoms with Gasteiger partial charge >= 0.3 is 0 Å². The molecule has 0 aliphatic rings. The lowest BCUT2D eigenvalue weighted by molar-refractivity contribution is 0.457. The molecule has 0 bridgehead atoms. The number of benzene rings is 1. The van der Waals surface area contributed by atoms with Gasteiger partial charge in [0, 0.05) is 12.6 Å². The van der Waals surface area contributed by atoms with Crippen molar-refractivity contribution in [3.05, 3.63) is 39.8 Å². The molecule has 0 unspecified atom stereocenters. The average molecular weight is 347 g/mol. The van der Waals surface area contributed by atoms with Gasteiger partial charge in [-0.05, 0) is 35.0 Å². The molecule has 0 fully saturated rings. The summed E-state index contributed by atoms with van der Waals surface area (Å²) in [5.74, 6) is 0.853. The Kier molecular flexibility index (Phi) is 4.55. The second-order valence-corrected chi connectivity index (χ2v) is 4.75. The van der Waals surface area contributed by atoms with E-state index in [0.29, 0.717) is 21.9 Å². The first-order valence-corrected chi connectivity index (χ1v) is 6.66. The first-order chi connectivity index (χ1) is 9.11. The Morgan fingerprint density at radius 3 is 2.89 bits per heavy atom. The largest absolute Gasteiger partial charge is 0.438 e. The van der Waals surface area contributed by atoms with Crippen LogP contribution in [-0.2, 0) is 0 Å². The topological polar surface area (TPSA) is 47.0 Å². The maximum atomic E-state index is 13.0. The summed E-state index contributed by atoms with van der Waals surface area (Å²) in [7, 11) is 0. The van der Waals surface area contributed by atoms with Gasteiger partial charge in [0.2, 0.25) is 5.88 Å². The average Bonchev–Trinajstić information content (AvgIpc) is 2.39. The van der Waals surface area contributed by atoms with E-state index in [1.807, 2.05) is 6.92 Å². The molecule has 1 heterocycles. The van der Waals surface area contributed by atoms with Gasteiger partial charge in [-0.25, -0.2) is 14.4 Å². The molecule has 19 heavy (non-hydrogen) atoms. The van der Waals surface area contributed by atoms with Gasteiger partial charge in [-0.2, -0.15) is 0 Å². The number of halogens is 3. The predicted octanol–water partition coefficient (Wildman–Crippen LogP) is 4.26. The fraction of sp³-hybridized carbons (Fsp3) is 0.167. The highest BCUT2D eigenvalue weighted by atomic mass is 79.9. The molecule has 2 rings (SSSR count). The maximum Gasteiger partial charge on any atom is 0.238 e. The quantitative estimate of drug-likeness (QED) is 0.899. The zero-order valence-corrected chi connectivity index (χ0v) is 12.3. The molecule has 0 radical (unpaired) electrons. The third-order valence-corrected chi connectivity index (χ3v) is 3.21. The summed E-state index contributed by atoms with van der Waals surface area (Å²) in [6.45, 7) is 2.67.